The molecule has 1 unspecified atom stereocenters. The lowest BCUT2D eigenvalue weighted by atomic mass is 9.95. The molecule has 162 valence electrons. The third kappa shape index (κ3) is 4.21. The first-order valence-corrected chi connectivity index (χ1v) is 9.67. The normalized spacial score (nSPS) is 21.4. The van der Waals surface area contributed by atoms with Crippen LogP contribution in [0.3, 0.4) is 0 Å². The van der Waals surface area contributed by atoms with Crippen LogP contribution in [-0.4, -0.2) is 48.8 Å². The summed E-state index contributed by atoms with van der Waals surface area (Å²) in [4.78, 5) is 20.5. The van der Waals surface area contributed by atoms with Crippen LogP contribution in [0.5, 0.6) is 11.6 Å². The van der Waals surface area contributed by atoms with Gasteiger partial charge in [0.05, 0.1) is 25.3 Å². The first-order valence-electron chi connectivity index (χ1n) is 9.67. The van der Waals surface area contributed by atoms with Crippen LogP contribution < -0.4 is 14.8 Å². The summed E-state index contributed by atoms with van der Waals surface area (Å²) in [7, 11) is 2.81. The number of aromatic nitrogens is 2. The largest absolute Gasteiger partial charge is 0.497 e. The van der Waals surface area contributed by atoms with E-state index in [4.69, 9.17) is 14.2 Å². The van der Waals surface area contributed by atoms with E-state index in [1.807, 2.05) is 6.92 Å². The summed E-state index contributed by atoms with van der Waals surface area (Å²) in [5.74, 6) is -3.74. The third-order valence-corrected chi connectivity index (χ3v) is 5.22. The van der Waals surface area contributed by atoms with E-state index in [2.05, 4.69) is 21.9 Å². The number of hydrogen-bond donors (Lipinski definition) is 1. The third-order valence-electron chi connectivity index (χ3n) is 5.22. The molecule has 0 bridgehead atoms. The lowest BCUT2D eigenvalue weighted by molar-refractivity contribution is -0.144. The van der Waals surface area contributed by atoms with Gasteiger partial charge in [-0.2, -0.15) is 8.78 Å². The smallest absolute Gasteiger partial charge is 0.323 e. The first-order chi connectivity index (χ1) is 14.3. The van der Waals surface area contributed by atoms with Crippen molar-refractivity contribution in [1.82, 2.24) is 15.3 Å². The zero-order valence-corrected chi connectivity index (χ0v) is 17.2. The van der Waals surface area contributed by atoms with Crippen LogP contribution in [0, 0.1) is 5.92 Å². The second-order valence-electron chi connectivity index (χ2n) is 7.07. The fourth-order valence-electron chi connectivity index (χ4n) is 3.66. The maximum absolute atomic E-state index is 14.8. The van der Waals surface area contributed by atoms with Gasteiger partial charge in [0.15, 0.2) is 5.69 Å². The highest BCUT2D eigenvalue weighted by molar-refractivity contribution is 5.77. The number of carbonyl (C=O) groups excluding carboxylic acids is 1. The Morgan fingerprint density at radius 1 is 1.33 bits per heavy atom. The molecular weight excluding hydrogens is 396 g/mol. The molecule has 0 saturated carbocycles. The Morgan fingerprint density at radius 3 is 2.73 bits per heavy atom. The molecule has 1 aliphatic heterocycles. The number of halogens is 2. The van der Waals surface area contributed by atoms with Crippen molar-refractivity contribution in [2.75, 3.05) is 20.8 Å². The number of nitrogens with one attached hydrogen (secondary N) is 1. The van der Waals surface area contributed by atoms with E-state index >= 15 is 0 Å². The maximum Gasteiger partial charge on any atom is 0.323 e. The Labute approximate surface area is 173 Å². The van der Waals surface area contributed by atoms with Crippen LogP contribution >= 0.6 is 0 Å². The molecule has 2 heterocycles. The van der Waals surface area contributed by atoms with E-state index in [0.717, 1.165) is 6.08 Å². The van der Waals surface area contributed by atoms with Crippen LogP contribution in [0.1, 0.15) is 25.5 Å². The van der Waals surface area contributed by atoms with Gasteiger partial charge in [0.2, 0.25) is 5.88 Å². The van der Waals surface area contributed by atoms with Crippen LogP contribution in [0.4, 0.5) is 8.78 Å². The average Bonchev–Trinajstić information content (AvgIpc) is 3.14. The Balaban J connectivity index is 2.03. The molecule has 0 spiro atoms. The average molecular weight is 421 g/mol. The molecule has 2 aromatic rings. The van der Waals surface area contributed by atoms with Gasteiger partial charge in [-0.25, -0.2) is 9.97 Å². The number of hydrogen-bond acceptors (Lipinski definition) is 7. The molecule has 30 heavy (non-hydrogen) atoms. The fraction of sp³-hybridized carbons (Fsp3) is 0.476. The molecule has 3 atom stereocenters. The molecular formula is C21H25F2N3O4. The summed E-state index contributed by atoms with van der Waals surface area (Å²) < 4.78 is 45.6. The molecule has 7 nitrogen and oxygen atoms in total. The van der Waals surface area contributed by atoms with Crippen molar-refractivity contribution in [1.29, 1.82) is 0 Å². The van der Waals surface area contributed by atoms with Crippen molar-refractivity contribution in [3.05, 3.63) is 36.5 Å². The van der Waals surface area contributed by atoms with Crippen molar-refractivity contribution in [3.8, 4) is 11.6 Å². The van der Waals surface area contributed by atoms with Crippen LogP contribution in [0.25, 0.3) is 11.0 Å². The number of benzene rings is 1. The predicted octanol–water partition coefficient (Wildman–Crippen LogP) is 3.22. The van der Waals surface area contributed by atoms with Crippen LogP contribution in [0.15, 0.2) is 30.9 Å². The van der Waals surface area contributed by atoms with Crippen molar-refractivity contribution in [3.63, 3.8) is 0 Å². The summed E-state index contributed by atoms with van der Waals surface area (Å²) >= 11 is 0. The van der Waals surface area contributed by atoms with Crippen molar-refractivity contribution >= 4 is 17.0 Å². The molecule has 0 radical (unpaired) electrons. The predicted molar refractivity (Wildman–Crippen MR) is 107 cm³/mol. The molecule has 1 aromatic carbocycles. The molecule has 1 N–H and O–H groups in total. The molecule has 1 fully saturated rings. The van der Waals surface area contributed by atoms with Crippen molar-refractivity contribution in [2.24, 2.45) is 5.92 Å². The van der Waals surface area contributed by atoms with E-state index in [9.17, 15) is 13.6 Å². The summed E-state index contributed by atoms with van der Waals surface area (Å²) in [6, 6.07) is 4.22. The Bertz CT molecular complexity index is 938. The first kappa shape index (κ1) is 21.9. The van der Waals surface area contributed by atoms with Gasteiger partial charge < -0.3 is 19.5 Å². The van der Waals surface area contributed by atoms with Gasteiger partial charge in [0, 0.05) is 24.9 Å². The standard InChI is InChI=1S/C21H25F2N3O4/c1-5-9-21(22,23)18-19(26-15-10-12(28-3)7-8-14(15)25-18)30-16-11-24-17(13(16)6-2)20(27)29-4/h5,7-8,10,13,16-17,24H,1,6,9,11H2,2-4H3/t13-,16+,17?/m1/s1. The second-order valence-corrected chi connectivity index (χ2v) is 7.07. The van der Waals surface area contributed by atoms with Gasteiger partial charge in [-0.15, -0.1) is 6.58 Å². The molecule has 1 aromatic heterocycles. The van der Waals surface area contributed by atoms with Crippen molar-refractivity contribution < 1.29 is 27.8 Å². The number of ether oxygens (including phenoxy) is 3. The van der Waals surface area contributed by atoms with Crippen LogP contribution in [-0.2, 0) is 15.5 Å². The van der Waals surface area contributed by atoms with Gasteiger partial charge in [-0.05, 0) is 18.6 Å². The zero-order valence-electron chi connectivity index (χ0n) is 17.2. The topological polar surface area (TPSA) is 82.6 Å². The molecule has 1 saturated heterocycles. The van der Waals surface area contributed by atoms with Gasteiger partial charge >= 0.3 is 5.97 Å². The van der Waals surface area contributed by atoms with Gasteiger partial charge in [-0.3, -0.25) is 4.79 Å². The SMILES string of the molecule is C=CCC(F)(F)c1nc2ccc(OC)cc2nc1O[C@H]1CNC(C(=O)OC)[C@@H]1CC. The molecule has 3 rings (SSSR count). The molecule has 1 aliphatic rings. The minimum atomic E-state index is -3.31. The van der Waals surface area contributed by atoms with Crippen molar-refractivity contribution in [2.45, 2.75) is 37.8 Å². The summed E-state index contributed by atoms with van der Waals surface area (Å²) in [5.41, 5.74) is 0.105. The number of fused-ring (bicyclic) bond motifs is 1. The summed E-state index contributed by atoms with van der Waals surface area (Å²) in [6.07, 6.45) is 0.563. The lowest BCUT2D eigenvalue weighted by Gasteiger charge is -2.24. The highest BCUT2D eigenvalue weighted by atomic mass is 19.3. The Hall–Kier alpha value is -2.81. The number of carbonyl (C=O) groups is 1. The Morgan fingerprint density at radius 2 is 2.10 bits per heavy atom. The van der Waals surface area contributed by atoms with E-state index in [1.165, 1.54) is 14.2 Å². The van der Waals surface area contributed by atoms with E-state index < -0.39 is 36.2 Å². The number of esters is 1. The zero-order chi connectivity index (χ0) is 21.9. The molecule has 9 heteroatoms. The van der Waals surface area contributed by atoms with Gasteiger partial charge in [0.1, 0.15) is 17.9 Å². The number of allylic oxidation sites excluding steroid dienone is 1. The van der Waals surface area contributed by atoms with E-state index in [1.54, 1.807) is 18.2 Å². The molecule has 0 aliphatic carbocycles. The maximum atomic E-state index is 14.8. The second kappa shape index (κ2) is 8.91. The summed E-state index contributed by atoms with van der Waals surface area (Å²) in [5, 5.41) is 3.05. The quantitative estimate of drug-likeness (QED) is 0.518. The van der Waals surface area contributed by atoms with Crippen LogP contribution in [0.2, 0.25) is 0 Å². The number of rotatable bonds is 8. The van der Waals surface area contributed by atoms with Gasteiger partial charge in [-0.1, -0.05) is 13.0 Å². The number of nitrogens with zero attached hydrogens (tertiary/aromatic N) is 2. The molecule has 0 amide bonds. The number of methoxy groups -OCH3 is 2. The minimum Gasteiger partial charge on any atom is -0.497 e. The number of alkyl halides is 2. The summed E-state index contributed by atoms with van der Waals surface area (Å²) in [6.45, 7) is 5.60. The highest BCUT2D eigenvalue weighted by Gasteiger charge is 2.43. The van der Waals surface area contributed by atoms with E-state index in [0.29, 0.717) is 29.7 Å². The highest BCUT2D eigenvalue weighted by Crippen LogP contribution is 2.38. The van der Waals surface area contributed by atoms with E-state index in [-0.39, 0.29) is 11.8 Å². The fourth-order valence-corrected chi connectivity index (χ4v) is 3.66. The lowest BCUT2D eigenvalue weighted by Crippen LogP contribution is -2.37. The monoisotopic (exact) mass is 421 g/mol. The van der Waals surface area contributed by atoms with Gasteiger partial charge in [0.25, 0.3) is 5.92 Å². The minimum absolute atomic E-state index is 0.263. The Kier molecular flexibility index (Phi) is 6.50.